The Morgan fingerprint density at radius 2 is 1.85 bits per heavy atom. The fourth-order valence-electron chi connectivity index (χ4n) is 2.37. The van der Waals surface area contributed by atoms with E-state index in [1.807, 2.05) is 19.0 Å². The highest BCUT2D eigenvalue weighted by atomic mass is 16.4. The molecule has 0 bridgehead atoms. The van der Waals surface area contributed by atoms with Gasteiger partial charge in [-0.05, 0) is 45.2 Å². The Morgan fingerprint density at radius 3 is 2.25 bits per heavy atom. The molecule has 6 heteroatoms. The molecule has 0 spiro atoms. The number of aliphatic carboxylic acids is 1. The second-order valence-corrected chi connectivity index (χ2v) is 6.36. The number of carbonyl (C=O) groups excluding carboxylic acids is 1. The van der Waals surface area contributed by atoms with Crippen LogP contribution in [0.1, 0.15) is 33.1 Å². The lowest BCUT2D eigenvalue weighted by Gasteiger charge is -2.25. The van der Waals surface area contributed by atoms with Gasteiger partial charge < -0.3 is 20.6 Å². The van der Waals surface area contributed by atoms with Gasteiger partial charge in [0.15, 0.2) is 0 Å². The highest BCUT2D eigenvalue weighted by Gasteiger charge is 2.37. The molecular formula is C14H27N3O3. The van der Waals surface area contributed by atoms with Crippen molar-refractivity contribution < 1.29 is 14.7 Å². The first-order chi connectivity index (χ1) is 9.29. The Morgan fingerprint density at radius 1 is 1.25 bits per heavy atom. The average Bonchev–Trinajstić information content (AvgIpc) is 3.06. The molecule has 0 aromatic carbocycles. The van der Waals surface area contributed by atoms with Crippen molar-refractivity contribution in [2.75, 3.05) is 20.6 Å². The predicted octanol–water partition coefficient (Wildman–Crippen LogP) is 1.13. The predicted molar refractivity (Wildman–Crippen MR) is 77.6 cm³/mol. The van der Waals surface area contributed by atoms with E-state index in [-0.39, 0.29) is 18.0 Å². The molecule has 2 amide bonds. The van der Waals surface area contributed by atoms with Gasteiger partial charge in [0, 0.05) is 12.6 Å². The minimum atomic E-state index is -0.948. The van der Waals surface area contributed by atoms with E-state index in [2.05, 4.69) is 24.5 Å². The van der Waals surface area contributed by atoms with E-state index in [0.717, 1.165) is 25.8 Å². The fraction of sp³-hybridized carbons (Fsp3) is 0.857. The van der Waals surface area contributed by atoms with Crippen LogP contribution in [0.5, 0.6) is 0 Å². The molecule has 1 aliphatic carbocycles. The fourth-order valence-corrected chi connectivity index (χ4v) is 2.37. The third-order valence-corrected chi connectivity index (χ3v) is 3.32. The molecule has 6 nitrogen and oxygen atoms in total. The number of urea groups is 1. The van der Waals surface area contributed by atoms with Crippen molar-refractivity contribution in [1.29, 1.82) is 0 Å². The minimum absolute atomic E-state index is 0.0265. The summed E-state index contributed by atoms with van der Waals surface area (Å²) in [6, 6.07) is -1.11. The molecule has 0 aromatic heterocycles. The van der Waals surface area contributed by atoms with Gasteiger partial charge in [0.1, 0.15) is 6.04 Å². The highest BCUT2D eigenvalue weighted by Crippen LogP contribution is 2.32. The summed E-state index contributed by atoms with van der Waals surface area (Å²) in [6.45, 7) is 4.95. The number of nitrogens with zero attached hydrogens (tertiary/aromatic N) is 1. The standard InChI is InChI=1S/C14H27N3O3/c1-9(2)7-11(8-17(3)4)15-14(20)16-12(13(18)19)10-5-6-10/h9-12H,5-8H2,1-4H3,(H,18,19)(H2,15,16,20). The Balaban J connectivity index is 2.49. The Hall–Kier alpha value is -1.30. The molecule has 116 valence electrons. The van der Waals surface area contributed by atoms with Crippen molar-refractivity contribution in [3.8, 4) is 0 Å². The van der Waals surface area contributed by atoms with Gasteiger partial charge in [0.2, 0.25) is 0 Å². The molecule has 0 aromatic rings. The number of rotatable bonds is 8. The van der Waals surface area contributed by atoms with Crippen LogP contribution in [0.25, 0.3) is 0 Å². The second kappa shape index (κ2) is 7.47. The Bertz CT molecular complexity index is 331. The molecular weight excluding hydrogens is 258 g/mol. The first-order valence-corrected chi connectivity index (χ1v) is 7.24. The number of carboxylic acids is 1. The minimum Gasteiger partial charge on any atom is -0.480 e. The first-order valence-electron chi connectivity index (χ1n) is 7.24. The average molecular weight is 285 g/mol. The molecule has 2 atom stereocenters. The molecule has 2 unspecified atom stereocenters. The van der Waals surface area contributed by atoms with Gasteiger partial charge in [-0.15, -0.1) is 0 Å². The van der Waals surface area contributed by atoms with E-state index in [0.29, 0.717) is 5.92 Å². The maximum absolute atomic E-state index is 12.0. The third-order valence-electron chi connectivity index (χ3n) is 3.32. The SMILES string of the molecule is CC(C)CC(CN(C)C)NC(=O)NC(C(=O)O)C1CC1. The zero-order valence-corrected chi connectivity index (χ0v) is 12.8. The summed E-state index contributed by atoms with van der Waals surface area (Å²) in [7, 11) is 3.91. The summed E-state index contributed by atoms with van der Waals surface area (Å²) in [5, 5.41) is 14.6. The summed E-state index contributed by atoms with van der Waals surface area (Å²) in [6.07, 6.45) is 2.63. The Kier molecular flexibility index (Phi) is 6.26. The number of carboxylic acid groups (broad SMARTS) is 1. The molecule has 0 radical (unpaired) electrons. The third kappa shape index (κ3) is 6.23. The summed E-state index contributed by atoms with van der Waals surface area (Å²) in [5.74, 6) is -0.384. The summed E-state index contributed by atoms with van der Waals surface area (Å²) in [4.78, 5) is 25.1. The van der Waals surface area contributed by atoms with E-state index < -0.39 is 12.0 Å². The molecule has 20 heavy (non-hydrogen) atoms. The number of hydrogen-bond acceptors (Lipinski definition) is 3. The lowest BCUT2D eigenvalue weighted by atomic mass is 10.0. The van der Waals surface area contributed by atoms with Crippen LogP contribution in [0.2, 0.25) is 0 Å². The lowest BCUT2D eigenvalue weighted by Crippen LogP contribution is -2.52. The number of amides is 2. The quantitative estimate of drug-likeness (QED) is 0.624. The molecule has 1 saturated carbocycles. The maximum Gasteiger partial charge on any atom is 0.326 e. The van der Waals surface area contributed by atoms with Gasteiger partial charge >= 0.3 is 12.0 Å². The van der Waals surface area contributed by atoms with E-state index in [9.17, 15) is 9.59 Å². The highest BCUT2D eigenvalue weighted by molar-refractivity contribution is 5.83. The number of likely N-dealkylation sites (N-methyl/N-ethyl adjacent to an activating group) is 1. The second-order valence-electron chi connectivity index (χ2n) is 6.36. The number of hydrogen-bond donors (Lipinski definition) is 3. The summed E-state index contributed by atoms with van der Waals surface area (Å²) >= 11 is 0. The van der Waals surface area contributed by atoms with E-state index in [1.54, 1.807) is 0 Å². The molecule has 0 aliphatic heterocycles. The normalized spacial score (nSPS) is 17.9. The van der Waals surface area contributed by atoms with Crippen LogP contribution in [0.15, 0.2) is 0 Å². The molecule has 0 saturated heterocycles. The van der Waals surface area contributed by atoms with Gasteiger partial charge in [0.25, 0.3) is 0 Å². The largest absolute Gasteiger partial charge is 0.480 e. The van der Waals surface area contributed by atoms with Crippen molar-refractivity contribution in [2.24, 2.45) is 11.8 Å². The topological polar surface area (TPSA) is 81.7 Å². The van der Waals surface area contributed by atoms with E-state index in [4.69, 9.17) is 5.11 Å². The van der Waals surface area contributed by atoms with E-state index in [1.165, 1.54) is 0 Å². The van der Waals surface area contributed by atoms with E-state index >= 15 is 0 Å². The molecule has 3 N–H and O–H groups in total. The van der Waals surface area contributed by atoms with Gasteiger partial charge in [-0.2, -0.15) is 0 Å². The van der Waals surface area contributed by atoms with Crippen LogP contribution in [0, 0.1) is 11.8 Å². The number of nitrogens with one attached hydrogen (secondary N) is 2. The summed E-state index contributed by atoms with van der Waals surface area (Å²) in [5.41, 5.74) is 0. The zero-order chi connectivity index (χ0) is 15.3. The van der Waals surface area contributed by atoms with Gasteiger partial charge in [-0.1, -0.05) is 13.8 Å². The first kappa shape index (κ1) is 16.8. The number of carbonyl (C=O) groups is 2. The van der Waals surface area contributed by atoms with Gasteiger partial charge in [-0.25, -0.2) is 9.59 Å². The maximum atomic E-state index is 12.0. The van der Waals surface area contributed by atoms with Crippen LogP contribution in [0.4, 0.5) is 4.79 Å². The van der Waals surface area contributed by atoms with Crippen molar-refractivity contribution in [2.45, 2.75) is 45.2 Å². The van der Waals surface area contributed by atoms with Crippen molar-refractivity contribution in [3.63, 3.8) is 0 Å². The van der Waals surface area contributed by atoms with Crippen molar-refractivity contribution >= 4 is 12.0 Å². The van der Waals surface area contributed by atoms with Crippen LogP contribution in [0.3, 0.4) is 0 Å². The van der Waals surface area contributed by atoms with Crippen molar-refractivity contribution in [1.82, 2.24) is 15.5 Å². The van der Waals surface area contributed by atoms with Crippen LogP contribution in [-0.4, -0.2) is 54.7 Å². The van der Waals surface area contributed by atoms with Gasteiger partial charge in [0.05, 0.1) is 0 Å². The molecule has 1 fully saturated rings. The van der Waals surface area contributed by atoms with Crippen molar-refractivity contribution in [3.05, 3.63) is 0 Å². The zero-order valence-electron chi connectivity index (χ0n) is 12.8. The lowest BCUT2D eigenvalue weighted by molar-refractivity contribution is -0.139. The molecule has 1 rings (SSSR count). The van der Waals surface area contributed by atoms with Gasteiger partial charge in [-0.3, -0.25) is 0 Å². The van der Waals surface area contributed by atoms with Crippen LogP contribution < -0.4 is 10.6 Å². The Labute approximate surface area is 120 Å². The smallest absolute Gasteiger partial charge is 0.326 e. The van der Waals surface area contributed by atoms with Crippen LogP contribution >= 0.6 is 0 Å². The molecule has 0 heterocycles. The monoisotopic (exact) mass is 285 g/mol. The summed E-state index contributed by atoms with van der Waals surface area (Å²) < 4.78 is 0. The van der Waals surface area contributed by atoms with Crippen LogP contribution in [-0.2, 0) is 4.79 Å². The molecule has 1 aliphatic rings.